The first kappa shape index (κ1) is 35.2. The van der Waals surface area contributed by atoms with Crippen molar-refractivity contribution in [3.63, 3.8) is 0 Å². The summed E-state index contributed by atoms with van der Waals surface area (Å²) in [7, 11) is 0. The van der Waals surface area contributed by atoms with E-state index in [1.807, 2.05) is 60.8 Å². The Hall–Kier alpha value is -6.54. The molecule has 0 radical (unpaired) electrons. The molecular weight excluding hydrogens is 716 g/mol. The number of hydrogen-bond donors (Lipinski definition) is 3. The number of nitrogens with zero attached hydrogens (tertiary/aromatic N) is 2. The lowest BCUT2D eigenvalue weighted by atomic mass is 9.88. The number of aliphatic carboxylic acids is 1. The Morgan fingerprint density at radius 2 is 1.34 bits per heavy atom. The molecule has 1 atom stereocenters. The molecule has 3 N–H and O–H groups in total. The molecule has 1 aromatic heterocycles. The number of aromatic nitrogens is 1. The van der Waals surface area contributed by atoms with Gasteiger partial charge in [-0.1, -0.05) is 133 Å². The zero-order valence-corrected chi connectivity index (χ0v) is 31.1. The van der Waals surface area contributed by atoms with E-state index < -0.39 is 12.0 Å². The highest BCUT2D eigenvalue weighted by Crippen LogP contribution is 2.42. The predicted octanol–water partition coefficient (Wildman–Crippen LogP) is 10.3. The maximum absolute atomic E-state index is 14.2. The van der Waals surface area contributed by atoms with E-state index in [1.54, 1.807) is 18.2 Å². The molecule has 1 aliphatic rings. The summed E-state index contributed by atoms with van der Waals surface area (Å²) in [5, 5.41) is 19.8. The predicted molar refractivity (Wildman–Crippen MR) is 227 cm³/mol. The van der Waals surface area contributed by atoms with E-state index in [0.717, 1.165) is 27.6 Å². The van der Waals surface area contributed by atoms with Gasteiger partial charge in [0.05, 0.1) is 17.9 Å². The average molecular weight is 753 g/mol. The van der Waals surface area contributed by atoms with Crippen LogP contribution in [0.5, 0.6) is 0 Å². The van der Waals surface area contributed by atoms with Crippen molar-refractivity contribution in [1.29, 1.82) is 0 Å². The topological polar surface area (TPSA) is 97.8 Å². The quantitative estimate of drug-likeness (QED) is 0.128. The summed E-state index contributed by atoms with van der Waals surface area (Å²) in [6, 6.07) is 47.0. The number of halogens is 1. The van der Waals surface area contributed by atoms with E-state index in [9.17, 15) is 14.7 Å². The van der Waals surface area contributed by atoms with Gasteiger partial charge < -0.3 is 15.4 Å². The van der Waals surface area contributed by atoms with Gasteiger partial charge in [0.2, 0.25) is 5.91 Å². The van der Waals surface area contributed by atoms with Crippen molar-refractivity contribution < 1.29 is 14.7 Å². The summed E-state index contributed by atoms with van der Waals surface area (Å²) in [6.07, 6.45) is 2.01. The minimum absolute atomic E-state index is 0.122. The summed E-state index contributed by atoms with van der Waals surface area (Å²) >= 11 is 6.62. The Morgan fingerprint density at radius 3 is 2.00 bits per heavy atom. The van der Waals surface area contributed by atoms with Crippen LogP contribution in [-0.2, 0) is 29.1 Å². The van der Waals surface area contributed by atoms with Crippen molar-refractivity contribution in [2.24, 2.45) is 4.99 Å². The number of fused-ring (bicyclic) bond motifs is 8. The molecule has 0 fully saturated rings. The third-order valence-electron chi connectivity index (χ3n) is 10.7. The number of nitrogens with one attached hydrogen (secondary N) is 2. The van der Waals surface area contributed by atoms with Gasteiger partial charge >= 0.3 is 5.97 Å². The van der Waals surface area contributed by atoms with Gasteiger partial charge in [-0.25, -0.2) is 4.79 Å². The van der Waals surface area contributed by atoms with Crippen molar-refractivity contribution in [2.45, 2.75) is 25.6 Å². The molecule has 0 bridgehead atoms. The molecule has 1 aliphatic heterocycles. The molecule has 56 heavy (non-hydrogen) atoms. The molecule has 8 aromatic rings. The van der Waals surface area contributed by atoms with Crippen molar-refractivity contribution >= 4 is 67.3 Å². The van der Waals surface area contributed by atoms with Crippen LogP contribution >= 0.6 is 11.6 Å². The van der Waals surface area contributed by atoms with E-state index in [-0.39, 0.29) is 18.9 Å². The van der Waals surface area contributed by atoms with Gasteiger partial charge in [-0.15, -0.1) is 0 Å². The van der Waals surface area contributed by atoms with Crippen LogP contribution in [0, 0.1) is 0 Å². The monoisotopic (exact) mass is 752 g/mol. The molecule has 1 amide bonds. The number of hydrogen-bond acceptors (Lipinski definition) is 4. The fourth-order valence-electron chi connectivity index (χ4n) is 8.10. The van der Waals surface area contributed by atoms with Crippen LogP contribution in [0.4, 0.5) is 5.69 Å². The van der Waals surface area contributed by atoms with Crippen molar-refractivity contribution in [1.82, 2.24) is 9.88 Å². The maximum Gasteiger partial charge on any atom is 0.328 e. The number of aliphatic imine (C=N–C) groups is 1. The zero-order chi connectivity index (χ0) is 38.2. The molecule has 7 aromatic carbocycles. The van der Waals surface area contributed by atoms with Crippen LogP contribution in [-0.4, -0.2) is 45.2 Å². The second-order valence-corrected chi connectivity index (χ2v) is 14.7. The molecule has 0 saturated carbocycles. The zero-order valence-electron chi connectivity index (χ0n) is 30.4. The molecule has 9 rings (SSSR count). The number of carboxylic acid groups (broad SMARTS) is 1. The highest BCUT2D eigenvalue weighted by Gasteiger charge is 2.26. The summed E-state index contributed by atoms with van der Waals surface area (Å²) < 4.78 is 0. The number of carbonyl (C=O) groups is 2. The third kappa shape index (κ3) is 6.83. The standard InChI is InChI=1S/C48H37ClN4O3/c49-36-22-23-42(40(25-36)47(32-12-2-1-3-13-32)52-43(48(55)56)24-35-26-50-41-17-9-8-14-37(35)41)51-44(54)29-53-27-33-20-18-30-10-4-6-15-38(30)45(33)46-34(28-53)21-19-31-11-5-7-16-39(31)46/h1-23,25-26,43,50H,24,27-29H2,(H,51,54)(H,55,56)/t43-/m0/s1. The number of amides is 1. The first-order valence-corrected chi connectivity index (χ1v) is 19.0. The van der Waals surface area contributed by atoms with E-state index in [4.69, 9.17) is 16.6 Å². The molecular formula is C48H37ClN4O3. The minimum atomic E-state index is -1.11. The van der Waals surface area contributed by atoms with Gasteiger partial charge in [-0.2, -0.15) is 0 Å². The minimum Gasteiger partial charge on any atom is -0.480 e. The van der Waals surface area contributed by atoms with Gasteiger partial charge in [0.1, 0.15) is 0 Å². The van der Waals surface area contributed by atoms with Crippen LogP contribution in [0.1, 0.15) is 27.8 Å². The second kappa shape index (κ2) is 14.9. The van der Waals surface area contributed by atoms with E-state index >= 15 is 0 Å². The first-order valence-electron chi connectivity index (χ1n) is 18.6. The van der Waals surface area contributed by atoms with E-state index in [2.05, 4.69) is 88.0 Å². The SMILES string of the molecule is O=C(CN1Cc2ccc3ccccc3c2-c2c(ccc3ccccc23)C1)Nc1ccc(Cl)cc1C(=N[C@@H](Cc1c[nH]c2ccccc12)C(=O)O)c1ccccc1. The highest BCUT2D eigenvalue weighted by atomic mass is 35.5. The summed E-state index contributed by atoms with van der Waals surface area (Å²) in [6.45, 7) is 1.28. The summed E-state index contributed by atoms with van der Waals surface area (Å²) in [5.74, 6) is -1.26. The number of anilines is 1. The van der Waals surface area contributed by atoms with Gasteiger partial charge in [-0.3, -0.25) is 14.7 Å². The van der Waals surface area contributed by atoms with Crippen molar-refractivity contribution in [2.75, 3.05) is 11.9 Å². The molecule has 2 heterocycles. The summed E-state index contributed by atoms with van der Waals surface area (Å²) in [4.78, 5) is 37.4. The van der Waals surface area contributed by atoms with Crippen LogP contribution in [0.25, 0.3) is 43.6 Å². The molecule has 0 aliphatic carbocycles. The molecule has 0 unspecified atom stereocenters. The fourth-order valence-corrected chi connectivity index (χ4v) is 8.27. The van der Waals surface area contributed by atoms with Gasteiger partial charge in [0.25, 0.3) is 0 Å². The number of carbonyl (C=O) groups excluding carboxylic acids is 1. The van der Waals surface area contributed by atoms with Gasteiger partial charge in [-0.05, 0) is 73.6 Å². The highest BCUT2D eigenvalue weighted by molar-refractivity contribution is 6.31. The van der Waals surface area contributed by atoms with E-state index in [1.165, 1.54) is 32.7 Å². The number of para-hydroxylation sites is 1. The second-order valence-electron chi connectivity index (χ2n) is 14.3. The lowest BCUT2D eigenvalue weighted by Crippen LogP contribution is -2.32. The molecule has 274 valence electrons. The Balaban J connectivity index is 1.06. The third-order valence-corrected chi connectivity index (χ3v) is 10.9. The van der Waals surface area contributed by atoms with Gasteiger partial charge in [0.15, 0.2) is 6.04 Å². The number of aromatic amines is 1. The normalized spacial score (nSPS) is 13.6. The lowest BCUT2D eigenvalue weighted by molar-refractivity contribution is -0.138. The first-order chi connectivity index (χ1) is 27.4. The fraction of sp³-hybridized carbons (Fsp3) is 0.104. The van der Waals surface area contributed by atoms with Crippen molar-refractivity contribution in [3.8, 4) is 11.1 Å². The number of benzene rings is 7. The number of carboxylic acids is 1. The van der Waals surface area contributed by atoms with Crippen LogP contribution in [0.2, 0.25) is 5.02 Å². The van der Waals surface area contributed by atoms with E-state index in [0.29, 0.717) is 40.6 Å². The molecule has 0 spiro atoms. The number of rotatable bonds is 9. The largest absolute Gasteiger partial charge is 0.480 e. The van der Waals surface area contributed by atoms with Crippen LogP contribution < -0.4 is 5.32 Å². The Kier molecular flexibility index (Phi) is 9.39. The summed E-state index contributed by atoms with van der Waals surface area (Å²) in [5.41, 5.74) is 8.67. The van der Waals surface area contributed by atoms with Crippen LogP contribution in [0.3, 0.4) is 0 Å². The maximum atomic E-state index is 14.2. The number of H-pyrrole nitrogens is 1. The molecule has 7 nitrogen and oxygen atoms in total. The average Bonchev–Trinajstić information content (AvgIpc) is 3.54. The Bertz CT molecular complexity index is 2740. The molecule has 8 heteroatoms. The van der Waals surface area contributed by atoms with Gasteiger partial charge in [0, 0.05) is 52.8 Å². The Morgan fingerprint density at radius 1 is 0.732 bits per heavy atom. The smallest absolute Gasteiger partial charge is 0.328 e. The lowest BCUT2D eigenvalue weighted by Gasteiger charge is -2.22. The van der Waals surface area contributed by atoms with Crippen molar-refractivity contribution in [3.05, 3.63) is 185 Å². The van der Waals surface area contributed by atoms with Crippen LogP contribution in [0.15, 0.2) is 157 Å². The Labute approximate surface area is 328 Å². The molecule has 0 saturated heterocycles.